The lowest BCUT2D eigenvalue weighted by Gasteiger charge is -2.46. The van der Waals surface area contributed by atoms with Gasteiger partial charge in [0.1, 0.15) is 11.2 Å². The minimum absolute atomic E-state index is 0.0255. The molecule has 0 N–H and O–H groups in total. The number of para-hydroxylation sites is 1. The Balaban J connectivity index is 1.10. The second-order valence-electron chi connectivity index (χ2n) is 27.5. The van der Waals surface area contributed by atoms with Gasteiger partial charge in [-0.2, -0.15) is 0 Å². The highest BCUT2D eigenvalue weighted by atomic mass is 32.1. The van der Waals surface area contributed by atoms with Crippen LogP contribution in [0.2, 0.25) is 0 Å². The molecule has 0 unspecified atom stereocenters. The molecule has 3 nitrogen and oxygen atoms in total. The normalized spacial score (nSPS) is 15.3. The molecule has 0 fully saturated rings. The van der Waals surface area contributed by atoms with Gasteiger partial charge in [0.2, 0.25) is 0 Å². The summed E-state index contributed by atoms with van der Waals surface area (Å²) >= 11 is 3.87. The molecule has 0 atom stereocenters. The Morgan fingerprint density at radius 1 is 0.440 bits per heavy atom. The SMILES string of the molecule is CC(C)(C)c1ccc(N2B3c4cc5c(-c6ccccc6)sc(-c6ccccc6)c5cc4N(c4ccc(C(C)(C)C)cc4-c4ccccc4)c4cc5c(oc6ccccc65)c(c43)-c3cc4c(cc32)sc2cc3c(cc24)C(C)(C)CCC3(C)C)cc1. The summed E-state index contributed by atoms with van der Waals surface area (Å²) in [5.41, 5.74) is 23.0. The molecule has 3 aliphatic rings. The predicted molar refractivity (Wildman–Crippen MR) is 365 cm³/mol. The average molecular weight is 1120 g/mol. The Morgan fingerprint density at radius 2 is 1.00 bits per heavy atom. The molecule has 0 bridgehead atoms. The molecular weight excluding hydrogens is 1060 g/mol. The van der Waals surface area contributed by atoms with Crippen molar-refractivity contribution < 1.29 is 4.42 Å². The second-order valence-corrected chi connectivity index (χ2v) is 29.6. The highest BCUT2D eigenvalue weighted by Gasteiger charge is 2.48. The van der Waals surface area contributed by atoms with Gasteiger partial charge in [-0.1, -0.05) is 203 Å². The van der Waals surface area contributed by atoms with Crippen molar-refractivity contribution in [3.05, 3.63) is 222 Å². The van der Waals surface area contributed by atoms with Gasteiger partial charge in [-0.15, -0.1) is 22.7 Å². The fraction of sp³-hybridized carbons (Fsp3) is 0.205. The molecular formula is C78H67BN2OS2. The van der Waals surface area contributed by atoms with Gasteiger partial charge in [0.25, 0.3) is 0 Å². The van der Waals surface area contributed by atoms with Gasteiger partial charge in [0.15, 0.2) is 0 Å². The Morgan fingerprint density at radius 3 is 1.65 bits per heavy atom. The van der Waals surface area contributed by atoms with E-state index in [1.807, 2.05) is 22.7 Å². The molecule has 10 aromatic carbocycles. The molecule has 2 aliphatic heterocycles. The molecule has 13 aromatic rings. The molecule has 0 saturated heterocycles. The highest BCUT2D eigenvalue weighted by Crippen LogP contribution is 2.57. The zero-order valence-electron chi connectivity index (χ0n) is 49.7. The highest BCUT2D eigenvalue weighted by molar-refractivity contribution is 7.26. The van der Waals surface area contributed by atoms with Gasteiger partial charge in [0.05, 0.1) is 5.69 Å². The third-order valence-electron chi connectivity index (χ3n) is 19.2. The topological polar surface area (TPSA) is 19.6 Å². The van der Waals surface area contributed by atoms with E-state index in [-0.39, 0.29) is 28.5 Å². The summed E-state index contributed by atoms with van der Waals surface area (Å²) < 4.78 is 10.1. The summed E-state index contributed by atoms with van der Waals surface area (Å²) in [7, 11) is 0. The smallest absolute Gasteiger partial charge is 0.333 e. The van der Waals surface area contributed by atoms with Crippen molar-refractivity contribution in [1.29, 1.82) is 0 Å². The number of furan rings is 1. The first-order valence-electron chi connectivity index (χ1n) is 30.0. The van der Waals surface area contributed by atoms with Crippen LogP contribution < -0.4 is 20.6 Å². The third kappa shape index (κ3) is 7.75. The first-order chi connectivity index (χ1) is 40.4. The van der Waals surface area contributed by atoms with Crippen LogP contribution in [-0.2, 0) is 21.7 Å². The van der Waals surface area contributed by atoms with E-state index in [2.05, 4.69) is 279 Å². The van der Waals surface area contributed by atoms with Gasteiger partial charge in [0, 0.05) is 90.9 Å². The van der Waals surface area contributed by atoms with Crippen molar-refractivity contribution in [2.75, 3.05) is 9.71 Å². The Kier molecular flexibility index (Phi) is 11.1. The third-order valence-corrected chi connectivity index (χ3v) is 21.7. The summed E-state index contributed by atoms with van der Waals surface area (Å²) in [6.07, 6.45) is 2.35. The Bertz CT molecular complexity index is 4860. The maximum absolute atomic E-state index is 7.42. The zero-order valence-corrected chi connectivity index (χ0v) is 51.3. The van der Waals surface area contributed by atoms with E-state index in [1.54, 1.807) is 0 Å². The van der Waals surface area contributed by atoms with Crippen molar-refractivity contribution in [2.45, 2.75) is 104 Å². The molecule has 0 amide bonds. The number of benzene rings is 10. The molecule has 410 valence electrons. The molecule has 16 rings (SSSR count). The molecule has 0 saturated carbocycles. The van der Waals surface area contributed by atoms with Gasteiger partial charge in [-0.05, 0) is 151 Å². The fourth-order valence-corrected chi connectivity index (χ4v) is 16.9. The lowest BCUT2D eigenvalue weighted by molar-refractivity contribution is 0.332. The zero-order chi connectivity index (χ0) is 57.3. The first kappa shape index (κ1) is 51.5. The van der Waals surface area contributed by atoms with Crippen LogP contribution >= 0.6 is 22.7 Å². The van der Waals surface area contributed by atoms with E-state index in [4.69, 9.17) is 4.42 Å². The fourth-order valence-electron chi connectivity index (χ4n) is 14.5. The lowest BCUT2D eigenvalue weighted by Crippen LogP contribution is -2.61. The average Bonchev–Trinajstić information content (AvgIpc) is 1.26. The minimum Gasteiger partial charge on any atom is -0.455 e. The second kappa shape index (κ2) is 18.2. The van der Waals surface area contributed by atoms with Crippen LogP contribution in [0, 0.1) is 0 Å². The molecule has 0 radical (unpaired) electrons. The van der Waals surface area contributed by atoms with Crippen LogP contribution in [0.25, 0.3) is 96.0 Å². The van der Waals surface area contributed by atoms with Crippen molar-refractivity contribution >= 4 is 122 Å². The summed E-state index contributed by atoms with van der Waals surface area (Å²) in [4.78, 5) is 7.93. The number of hydrogen-bond donors (Lipinski definition) is 0. The van der Waals surface area contributed by atoms with Crippen LogP contribution in [0.4, 0.5) is 28.4 Å². The summed E-state index contributed by atoms with van der Waals surface area (Å²) in [5, 5.41) is 7.39. The molecule has 3 aromatic heterocycles. The van der Waals surface area contributed by atoms with Gasteiger partial charge in [-0.3, -0.25) is 0 Å². The van der Waals surface area contributed by atoms with Crippen LogP contribution in [0.15, 0.2) is 205 Å². The van der Waals surface area contributed by atoms with E-state index < -0.39 is 0 Å². The minimum atomic E-state index is -0.269. The Hall–Kier alpha value is -8.16. The number of hydrogen-bond acceptors (Lipinski definition) is 5. The maximum Gasteiger partial charge on any atom is 0.333 e. The molecule has 1 aliphatic carbocycles. The number of fused-ring (bicyclic) bond motifs is 13. The van der Waals surface area contributed by atoms with E-state index >= 15 is 0 Å². The monoisotopic (exact) mass is 1120 g/mol. The van der Waals surface area contributed by atoms with E-state index in [1.165, 1.54) is 131 Å². The number of rotatable bonds is 5. The summed E-state index contributed by atoms with van der Waals surface area (Å²) in [6.45, 7) is 23.5. The van der Waals surface area contributed by atoms with Gasteiger partial charge < -0.3 is 14.1 Å². The number of nitrogens with zero attached hydrogens (tertiary/aromatic N) is 2. The van der Waals surface area contributed by atoms with E-state index in [0.717, 1.165) is 39.0 Å². The molecule has 0 spiro atoms. The van der Waals surface area contributed by atoms with Crippen LogP contribution in [0.5, 0.6) is 0 Å². The lowest BCUT2D eigenvalue weighted by atomic mass is 9.43. The van der Waals surface area contributed by atoms with Crippen LogP contribution in [0.1, 0.15) is 104 Å². The van der Waals surface area contributed by atoms with Crippen molar-refractivity contribution in [1.82, 2.24) is 0 Å². The van der Waals surface area contributed by atoms with Crippen molar-refractivity contribution in [2.24, 2.45) is 0 Å². The standard InChI is InChI=1S/C78H67BN2OS2/c1-75(2,3)49-30-33-51(34-31-49)81-64-45-69-54(55-40-60-61(44-68(55)83-69)78(9,10)37-36-77(60,7)8)39-59(64)70-71-66(42-56-52-28-20-21-29-67(52)82-72(56)70)80(63-35-32-50(76(4,5)6)38-53(63)46-22-14-11-15-23-46)65-43-58-57(41-62(65)79(71)81)73(47-24-16-12-17-25-47)84-74(58)48-26-18-13-19-27-48/h11-35,38-45H,36-37H2,1-10H3. The maximum atomic E-state index is 7.42. The van der Waals surface area contributed by atoms with Crippen LogP contribution in [0.3, 0.4) is 0 Å². The van der Waals surface area contributed by atoms with E-state index in [0.29, 0.717) is 0 Å². The van der Waals surface area contributed by atoms with E-state index in [9.17, 15) is 0 Å². The predicted octanol–water partition coefficient (Wildman–Crippen LogP) is 21.8. The summed E-state index contributed by atoms with van der Waals surface area (Å²) in [6, 6.07) is 76.7. The van der Waals surface area contributed by atoms with Gasteiger partial charge >= 0.3 is 6.85 Å². The molecule has 6 heteroatoms. The number of anilines is 5. The largest absolute Gasteiger partial charge is 0.455 e. The Labute approximate surface area is 502 Å². The number of thiophene rings is 2. The molecule has 84 heavy (non-hydrogen) atoms. The van der Waals surface area contributed by atoms with Crippen molar-refractivity contribution in [3.63, 3.8) is 0 Å². The molecule has 5 heterocycles. The first-order valence-corrected chi connectivity index (χ1v) is 31.7. The van der Waals surface area contributed by atoms with Crippen LogP contribution in [-0.4, -0.2) is 6.85 Å². The van der Waals surface area contributed by atoms with Gasteiger partial charge in [-0.25, -0.2) is 0 Å². The van der Waals surface area contributed by atoms with Crippen molar-refractivity contribution in [3.8, 4) is 43.1 Å². The quantitative estimate of drug-likeness (QED) is 0.160. The summed E-state index contributed by atoms with van der Waals surface area (Å²) in [5.74, 6) is 0.